The minimum atomic E-state index is -0.162. The minimum Gasteiger partial charge on any atom is -0.339 e. The van der Waals surface area contributed by atoms with Gasteiger partial charge in [0.15, 0.2) is 5.82 Å². The Morgan fingerprint density at radius 3 is 2.70 bits per heavy atom. The number of carbonyl (C=O) groups is 1. The van der Waals surface area contributed by atoms with E-state index in [0.717, 1.165) is 5.69 Å². The summed E-state index contributed by atoms with van der Waals surface area (Å²) in [7, 11) is 1.77. The number of pyridine rings is 1. The van der Waals surface area contributed by atoms with Gasteiger partial charge in [-0.1, -0.05) is 25.9 Å². The summed E-state index contributed by atoms with van der Waals surface area (Å²) in [5.41, 5.74) is 1.22. The van der Waals surface area contributed by atoms with Crippen molar-refractivity contribution in [2.75, 3.05) is 11.4 Å². The standard InChI is InChI=1S/C19H24N6O2/c1-6-25(13-8-7-9-20-11-13)18(26)14-12-21-17(24(14)5)16-22-15(27-23-16)10-19(2,3)4/h7-9,11-12H,6,10H2,1-5H3. The fourth-order valence-corrected chi connectivity index (χ4v) is 2.78. The van der Waals surface area contributed by atoms with E-state index in [9.17, 15) is 4.79 Å². The van der Waals surface area contributed by atoms with Crippen LogP contribution in [0.1, 0.15) is 44.1 Å². The molecule has 0 unspecified atom stereocenters. The molecule has 3 heterocycles. The van der Waals surface area contributed by atoms with Crippen LogP contribution in [0, 0.1) is 5.41 Å². The van der Waals surface area contributed by atoms with E-state index < -0.39 is 0 Å². The zero-order chi connectivity index (χ0) is 19.6. The minimum absolute atomic E-state index is 0.0396. The van der Waals surface area contributed by atoms with E-state index in [0.29, 0.717) is 36.2 Å². The molecule has 0 saturated heterocycles. The maximum absolute atomic E-state index is 13.0. The molecule has 8 heteroatoms. The van der Waals surface area contributed by atoms with E-state index in [2.05, 4.69) is 40.9 Å². The summed E-state index contributed by atoms with van der Waals surface area (Å²) in [4.78, 5) is 27.5. The first-order chi connectivity index (χ1) is 12.8. The molecular formula is C19H24N6O2. The topological polar surface area (TPSA) is 89.9 Å². The van der Waals surface area contributed by atoms with Crippen LogP contribution in [0.2, 0.25) is 0 Å². The number of aromatic nitrogens is 5. The average molecular weight is 368 g/mol. The Balaban J connectivity index is 1.88. The van der Waals surface area contributed by atoms with Gasteiger partial charge in [0.25, 0.3) is 5.91 Å². The normalized spacial score (nSPS) is 11.6. The molecule has 8 nitrogen and oxygen atoms in total. The molecule has 0 aromatic carbocycles. The number of rotatable bonds is 5. The smallest absolute Gasteiger partial charge is 0.276 e. The van der Waals surface area contributed by atoms with Crippen molar-refractivity contribution < 1.29 is 9.32 Å². The van der Waals surface area contributed by atoms with Gasteiger partial charge in [0.1, 0.15) is 5.69 Å². The highest BCUT2D eigenvalue weighted by Crippen LogP contribution is 2.23. The molecule has 0 atom stereocenters. The van der Waals surface area contributed by atoms with Gasteiger partial charge in [0.05, 0.1) is 18.1 Å². The van der Waals surface area contributed by atoms with Crippen molar-refractivity contribution in [3.63, 3.8) is 0 Å². The molecule has 0 saturated carbocycles. The Morgan fingerprint density at radius 2 is 2.07 bits per heavy atom. The van der Waals surface area contributed by atoms with Crippen LogP contribution in [0.5, 0.6) is 0 Å². The Morgan fingerprint density at radius 1 is 1.30 bits per heavy atom. The quantitative estimate of drug-likeness (QED) is 0.687. The number of carbonyl (C=O) groups excluding carboxylic acids is 1. The van der Waals surface area contributed by atoms with E-state index in [-0.39, 0.29) is 11.3 Å². The zero-order valence-electron chi connectivity index (χ0n) is 16.3. The average Bonchev–Trinajstić information content (AvgIpc) is 3.21. The number of hydrogen-bond donors (Lipinski definition) is 0. The van der Waals surface area contributed by atoms with Crippen molar-refractivity contribution in [3.05, 3.63) is 42.3 Å². The van der Waals surface area contributed by atoms with Crippen LogP contribution in [0.3, 0.4) is 0 Å². The van der Waals surface area contributed by atoms with Gasteiger partial charge in [-0.25, -0.2) is 4.98 Å². The van der Waals surface area contributed by atoms with Gasteiger partial charge in [-0.3, -0.25) is 9.78 Å². The molecular weight excluding hydrogens is 344 g/mol. The SMILES string of the molecule is CCN(C(=O)c1cnc(-c2noc(CC(C)(C)C)n2)n1C)c1cccnc1. The summed E-state index contributed by atoms with van der Waals surface area (Å²) in [6, 6.07) is 3.65. The van der Waals surface area contributed by atoms with Crippen molar-refractivity contribution in [1.29, 1.82) is 0 Å². The highest BCUT2D eigenvalue weighted by atomic mass is 16.5. The fourth-order valence-electron chi connectivity index (χ4n) is 2.78. The molecule has 142 valence electrons. The molecule has 0 spiro atoms. The number of imidazole rings is 1. The second-order valence-corrected chi connectivity index (χ2v) is 7.54. The monoisotopic (exact) mass is 368 g/mol. The molecule has 3 rings (SSSR count). The van der Waals surface area contributed by atoms with E-state index in [1.165, 1.54) is 6.20 Å². The third-order valence-corrected chi connectivity index (χ3v) is 4.08. The van der Waals surface area contributed by atoms with Gasteiger partial charge in [0, 0.05) is 26.2 Å². The second kappa shape index (κ2) is 7.30. The van der Waals surface area contributed by atoms with Crippen LogP contribution in [0.4, 0.5) is 5.69 Å². The second-order valence-electron chi connectivity index (χ2n) is 7.54. The van der Waals surface area contributed by atoms with Crippen LogP contribution < -0.4 is 4.90 Å². The van der Waals surface area contributed by atoms with Gasteiger partial charge < -0.3 is 14.0 Å². The van der Waals surface area contributed by atoms with Crippen molar-refractivity contribution >= 4 is 11.6 Å². The van der Waals surface area contributed by atoms with Crippen LogP contribution in [0.25, 0.3) is 11.6 Å². The van der Waals surface area contributed by atoms with Crippen molar-refractivity contribution in [3.8, 4) is 11.6 Å². The predicted octanol–water partition coefficient (Wildman–Crippen LogP) is 3.12. The highest BCUT2D eigenvalue weighted by Gasteiger charge is 2.24. The maximum Gasteiger partial charge on any atom is 0.276 e. The number of hydrogen-bond acceptors (Lipinski definition) is 6. The molecule has 0 bridgehead atoms. The third-order valence-electron chi connectivity index (χ3n) is 4.08. The summed E-state index contributed by atoms with van der Waals surface area (Å²) < 4.78 is 7.03. The lowest BCUT2D eigenvalue weighted by atomic mass is 9.92. The van der Waals surface area contributed by atoms with E-state index in [1.54, 1.807) is 35.0 Å². The van der Waals surface area contributed by atoms with Gasteiger partial charge in [-0.15, -0.1) is 0 Å². The van der Waals surface area contributed by atoms with E-state index >= 15 is 0 Å². The van der Waals surface area contributed by atoms with Crippen molar-refractivity contribution in [1.82, 2.24) is 24.7 Å². The maximum atomic E-state index is 13.0. The molecule has 0 aliphatic rings. The zero-order valence-corrected chi connectivity index (χ0v) is 16.3. The van der Waals surface area contributed by atoms with E-state index in [4.69, 9.17) is 4.52 Å². The summed E-state index contributed by atoms with van der Waals surface area (Å²) in [5, 5.41) is 4.02. The number of nitrogens with zero attached hydrogens (tertiary/aromatic N) is 6. The Labute approximate surface area is 158 Å². The summed E-state index contributed by atoms with van der Waals surface area (Å²) >= 11 is 0. The number of anilines is 1. The van der Waals surface area contributed by atoms with E-state index in [1.807, 2.05) is 13.0 Å². The largest absolute Gasteiger partial charge is 0.339 e. The Kier molecular flexibility index (Phi) is 5.07. The molecule has 27 heavy (non-hydrogen) atoms. The van der Waals surface area contributed by atoms with Crippen molar-refractivity contribution in [2.24, 2.45) is 12.5 Å². The van der Waals surface area contributed by atoms with Gasteiger partial charge in [-0.05, 0) is 24.5 Å². The summed E-state index contributed by atoms with van der Waals surface area (Å²) in [6.07, 6.45) is 5.55. The first kappa shape index (κ1) is 18.8. The first-order valence-electron chi connectivity index (χ1n) is 8.86. The highest BCUT2D eigenvalue weighted by molar-refractivity contribution is 6.05. The third kappa shape index (κ3) is 4.05. The molecule has 0 aliphatic carbocycles. The van der Waals surface area contributed by atoms with Gasteiger partial charge in [-0.2, -0.15) is 4.98 Å². The lowest BCUT2D eigenvalue weighted by molar-refractivity contribution is 0.0980. The Hall–Kier alpha value is -3.03. The van der Waals surface area contributed by atoms with Crippen LogP contribution in [0.15, 0.2) is 35.2 Å². The summed E-state index contributed by atoms with van der Waals surface area (Å²) in [5.74, 6) is 1.26. The van der Waals surface area contributed by atoms with Crippen LogP contribution >= 0.6 is 0 Å². The van der Waals surface area contributed by atoms with Crippen molar-refractivity contribution in [2.45, 2.75) is 34.1 Å². The number of amides is 1. The Bertz CT molecular complexity index is 923. The first-order valence-corrected chi connectivity index (χ1v) is 8.86. The predicted molar refractivity (Wildman–Crippen MR) is 101 cm³/mol. The fraction of sp³-hybridized carbons (Fsp3) is 0.421. The molecule has 0 N–H and O–H groups in total. The molecule has 0 aliphatic heterocycles. The molecule has 1 amide bonds. The molecule has 0 radical (unpaired) electrons. The molecule has 3 aromatic heterocycles. The lowest BCUT2D eigenvalue weighted by Crippen LogP contribution is -2.32. The molecule has 3 aromatic rings. The van der Waals surface area contributed by atoms with Gasteiger partial charge in [0.2, 0.25) is 11.7 Å². The molecule has 0 fully saturated rings. The lowest BCUT2D eigenvalue weighted by Gasteiger charge is -2.20. The van der Waals surface area contributed by atoms with Crippen LogP contribution in [-0.4, -0.2) is 37.1 Å². The summed E-state index contributed by atoms with van der Waals surface area (Å²) in [6.45, 7) is 8.74. The van der Waals surface area contributed by atoms with Crippen LogP contribution in [-0.2, 0) is 13.5 Å². The van der Waals surface area contributed by atoms with Gasteiger partial charge >= 0.3 is 0 Å².